The van der Waals surface area contributed by atoms with E-state index in [0.29, 0.717) is 44.4 Å². The summed E-state index contributed by atoms with van der Waals surface area (Å²) in [5.74, 6) is 1.11. The van der Waals surface area contributed by atoms with E-state index in [4.69, 9.17) is 23.7 Å². The SMILES string of the molecule is COCCOC(=O)C1=C(C)N=c2sc(=Cc3ccc(OCc4cccc(C)c4)c(OC)c3)c(=O)n2C1c1ccccc1OC. The molecule has 0 bridgehead atoms. The van der Waals surface area contributed by atoms with Crippen LogP contribution >= 0.6 is 11.3 Å². The summed E-state index contributed by atoms with van der Waals surface area (Å²) in [6.07, 6.45) is 1.78. The van der Waals surface area contributed by atoms with Gasteiger partial charge in [0.25, 0.3) is 5.56 Å². The number of fused-ring (bicyclic) bond motifs is 1. The summed E-state index contributed by atoms with van der Waals surface area (Å²) in [5, 5.41) is 0. The number of benzene rings is 3. The first-order valence-electron chi connectivity index (χ1n) is 14.0. The van der Waals surface area contributed by atoms with Crippen molar-refractivity contribution in [2.24, 2.45) is 4.99 Å². The van der Waals surface area contributed by atoms with E-state index < -0.39 is 12.0 Å². The highest BCUT2D eigenvalue weighted by molar-refractivity contribution is 7.07. The van der Waals surface area contributed by atoms with Crippen LogP contribution in [0, 0.1) is 6.92 Å². The minimum atomic E-state index is -0.800. The van der Waals surface area contributed by atoms with Crippen LogP contribution in [0.4, 0.5) is 0 Å². The molecule has 2 heterocycles. The zero-order valence-electron chi connectivity index (χ0n) is 25.3. The van der Waals surface area contributed by atoms with Crippen LogP contribution in [0.5, 0.6) is 17.2 Å². The summed E-state index contributed by atoms with van der Waals surface area (Å²) in [7, 11) is 4.66. The van der Waals surface area contributed by atoms with Gasteiger partial charge in [0.05, 0.1) is 36.6 Å². The molecule has 4 aromatic rings. The third-order valence-electron chi connectivity index (χ3n) is 7.16. The Bertz CT molecular complexity index is 1890. The lowest BCUT2D eigenvalue weighted by Gasteiger charge is -2.26. The molecule has 0 N–H and O–H groups in total. The fraction of sp³-hybridized carbons (Fsp3) is 0.265. The Morgan fingerprint density at radius 2 is 1.73 bits per heavy atom. The molecular formula is C34H34N2O7S. The molecule has 228 valence electrons. The van der Waals surface area contributed by atoms with Crippen LogP contribution in [0.3, 0.4) is 0 Å². The molecule has 3 aromatic carbocycles. The molecule has 0 saturated carbocycles. The largest absolute Gasteiger partial charge is 0.496 e. The van der Waals surface area contributed by atoms with Crippen molar-refractivity contribution in [3.63, 3.8) is 0 Å². The van der Waals surface area contributed by atoms with E-state index in [1.54, 1.807) is 33.3 Å². The van der Waals surface area contributed by atoms with Gasteiger partial charge in [0.15, 0.2) is 16.3 Å². The van der Waals surface area contributed by atoms with E-state index in [2.05, 4.69) is 11.1 Å². The van der Waals surface area contributed by atoms with Crippen molar-refractivity contribution < 1.29 is 28.5 Å². The first-order chi connectivity index (χ1) is 21.3. The molecule has 1 unspecified atom stereocenters. The van der Waals surface area contributed by atoms with Crippen LogP contribution < -0.4 is 29.1 Å². The Labute approximate surface area is 259 Å². The van der Waals surface area contributed by atoms with Gasteiger partial charge in [0.1, 0.15) is 25.0 Å². The molecule has 5 rings (SSSR count). The smallest absolute Gasteiger partial charge is 0.338 e. The number of rotatable bonds is 11. The van der Waals surface area contributed by atoms with Crippen LogP contribution in [0.25, 0.3) is 6.08 Å². The van der Waals surface area contributed by atoms with Crippen LogP contribution in [0.1, 0.15) is 35.2 Å². The number of hydrogen-bond acceptors (Lipinski definition) is 9. The number of esters is 1. The molecule has 0 amide bonds. The number of para-hydroxylation sites is 1. The van der Waals surface area contributed by atoms with Gasteiger partial charge >= 0.3 is 5.97 Å². The number of thiazole rings is 1. The van der Waals surface area contributed by atoms with Gasteiger partial charge in [0, 0.05) is 12.7 Å². The maximum Gasteiger partial charge on any atom is 0.338 e. The maximum atomic E-state index is 14.0. The number of aryl methyl sites for hydroxylation is 1. The third kappa shape index (κ3) is 6.46. The number of allylic oxidation sites excluding steroid dienone is 1. The highest BCUT2D eigenvalue weighted by Crippen LogP contribution is 2.36. The van der Waals surface area contributed by atoms with Gasteiger partial charge in [-0.1, -0.05) is 65.4 Å². The number of nitrogens with zero attached hydrogens (tertiary/aromatic N) is 2. The van der Waals surface area contributed by atoms with Crippen molar-refractivity contribution in [2.75, 3.05) is 34.5 Å². The molecule has 44 heavy (non-hydrogen) atoms. The molecular weight excluding hydrogens is 580 g/mol. The van der Waals surface area contributed by atoms with Crippen LogP contribution in [-0.4, -0.2) is 45.1 Å². The van der Waals surface area contributed by atoms with E-state index in [1.165, 1.54) is 23.0 Å². The summed E-state index contributed by atoms with van der Waals surface area (Å²) in [6, 6.07) is 20.1. The molecule has 0 fully saturated rings. The lowest BCUT2D eigenvalue weighted by Crippen LogP contribution is -2.40. The number of hydrogen-bond donors (Lipinski definition) is 0. The Morgan fingerprint density at radius 3 is 2.48 bits per heavy atom. The number of aromatic nitrogens is 1. The number of carbonyl (C=O) groups excluding carboxylic acids is 1. The van der Waals surface area contributed by atoms with Crippen molar-refractivity contribution in [3.05, 3.63) is 120 Å². The molecule has 0 saturated heterocycles. The van der Waals surface area contributed by atoms with Gasteiger partial charge in [-0.05, 0) is 49.2 Å². The summed E-state index contributed by atoms with van der Waals surface area (Å²) in [5.41, 5.74) is 4.05. The predicted molar refractivity (Wildman–Crippen MR) is 168 cm³/mol. The molecule has 1 atom stereocenters. The van der Waals surface area contributed by atoms with Gasteiger partial charge in [-0.2, -0.15) is 0 Å². The van der Waals surface area contributed by atoms with Crippen LogP contribution in [0.15, 0.2) is 87.8 Å². The van der Waals surface area contributed by atoms with E-state index in [0.717, 1.165) is 16.7 Å². The van der Waals surface area contributed by atoms with E-state index >= 15 is 0 Å². The second-order valence-corrected chi connectivity index (χ2v) is 11.1. The van der Waals surface area contributed by atoms with E-state index in [-0.39, 0.29) is 24.3 Å². The monoisotopic (exact) mass is 614 g/mol. The fourth-order valence-electron chi connectivity index (χ4n) is 5.07. The molecule has 10 heteroatoms. The Hall–Kier alpha value is -4.67. The molecule has 0 aliphatic carbocycles. The summed E-state index contributed by atoms with van der Waals surface area (Å²) < 4.78 is 29.8. The molecule has 1 aromatic heterocycles. The quantitative estimate of drug-likeness (QED) is 0.183. The highest BCUT2D eigenvalue weighted by Gasteiger charge is 2.35. The Kier molecular flexibility index (Phi) is 9.62. The first-order valence-corrected chi connectivity index (χ1v) is 14.8. The van der Waals surface area contributed by atoms with Gasteiger partial charge in [0.2, 0.25) is 0 Å². The maximum absolute atomic E-state index is 14.0. The van der Waals surface area contributed by atoms with Gasteiger partial charge < -0.3 is 23.7 Å². The van der Waals surface area contributed by atoms with E-state index in [9.17, 15) is 9.59 Å². The lowest BCUT2D eigenvalue weighted by atomic mass is 9.95. The molecule has 1 aliphatic rings. The fourth-order valence-corrected chi connectivity index (χ4v) is 6.12. The number of ether oxygens (including phenoxy) is 5. The van der Waals surface area contributed by atoms with Crippen LogP contribution in [0.2, 0.25) is 0 Å². The van der Waals surface area contributed by atoms with Crippen molar-refractivity contribution >= 4 is 23.4 Å². The summed E-state index contributed by atoms with van der Waals surface area (Å²) >= 11 is 1.24. The predicted octanol–water partition coefficient (Wildman–Crippen LogP) is 4.33. The number of methoxy groups -OCH3 is 3. The Morgan fingerprint density at radius 1 is 0.932 bits per heavy atom. The minimum Gasteiger partial charge on any atom is -0.496 e. The average Bonchev–Trinajstić information content (AvgIpc) is 3.33. The van der Waals surface area contributed by atoms with Crippen molar-refractivity contribution in [1.82, 2.24) is 4.57 Å². The molecule has 9 nitrogen and oxygen atoms in total. The number of carbonyl (C=O) groups is 1. The zero-order valence-corrected chi connectivity index (χ0v) is 26.1. The van der Waals surface area contributed by atoms with Gasteiger partial charge in [-0.3, -0.25) is 9.36 Å². The second-order valence-electron chi connectivity index (χ2n) is 10.1. The molecule has 0 radical (unpaired) electrons. The zero-order chi connectivity index (χ0) is 31.2. The van der Waals surface area contributed by atoms with Crippen molar-refractivity contribution in [3.8, 4) is 17.2 Å². The normalized spacial score (nSPS) is 14.6. The summed E-state index contributed by atoms with van der Waals surface area (Å²) in [4.78, 5) is 32.5. The standard InChI is InChI=1S/C34H34N2O7S/c1-21-9-8-10-24(17-21)20-43-27-14-13-23(18-28(27)41-5)19-29-32(37)36-31(25-11-6-7-12-26(25)40-4)30(22(2)35-34(36)44-29)33(38)42-16-15-39-3/h6-14,17-19,31H,15-16,20H2,1-5H3. The van der Waals surface area contributed by atoms with Gasteiger partial charge in [-0.25, -0.2) is 9.79 Å². The summed E-state index contributed by atoms with van der Waals surface area (Å²) in [6.45, 7) is 4.50. The van der Waals surface area contributed by atoms with Crippen molar-refractivity contribution in [2.45, 2.75) is 26.5 Å². The first kappa shape index (κ1) is 30.8. The minimum absolute atomic E-state index is 0.0711. The average molecular weight is 615 g/mol. The third-order valence-corrected chi connectivity index (χ3v) is 8.14. The van der Waals surface area contributed by atoms with Crippen molar-refractivity contribution in [1.29, 1.82) is 0 Å². The lowest BCUT2D eigenvalue weighted by molar-refractivity contribution is -0.140. The van der Waals surface area contributed by atoms with E-state index in [1.807, 2.05) is 61.5 Å². The van der Waals surface area contributed by atoms with Crippen LogP contribution in [-0.2, 0) is 20.9 Å². The van der Waals surface area contributed by atoms with Gasteiger partial charge in [-0.15, -0.1) is 0 Å². The highest BCUT2D eigenvalue weighted by atomic mass is 32.1. The molecule has 0 spiro atoms. The molecule has 1 aliphatic heterocycles. The second kappa shape index (κ2) is 13.7. The Balaban J connectivity index is 1.55. The topological polar surface area (TPSA) is 97.6 Å².